The van der Waals surface area contributed by atoms with E-state index < -0.39 is 22.0 Å². The molecule has 7 nitrogen and oxygen atoms in total. The van der Waals surface area contributed by atoms with E-state index in [-0.39, 0.29) is 25.0 Å². The summed E-state index contributed by atoms with van der Waals surface area (Å²) in [6.07, 6.45) is 1.48. The largest absolute Gasteiger partial charge is 0.352 e. The normalized spacial score (nSPS) is 12.3. The number of anilines is 1. The molecule has 2 aromatic carbocycles. The van der Waals surface area contributed by atoms with Crippen LogP contribution in [0.2, 0.25) is 0 Å². The maximum atomic E-state index is 13.6. The molecule has 33 heavy (non-hydrogen) atoms. The number of hydrogen-bond acceptors (Lipinski definition) is 4. The second kappa shape index (κ2) is 11.3. The lowest BCUT2D eigenvalue weighted by atomic mass is 10.1. The molecule has 0 aliphatic heterocycles. The Kier molecular flexibility index (Phi) is 9.05. The predicted molar refractivity (Wildman–Crippen MR) is 132 cm³/mol. The SMILES string of the molecule is CC[C@@H](C(=O)NC(C)C)N(Cc1ccccc1C)C(=O)CN(c1ccc(C)cc1)S(C)(=O)=O. The van der Waals surface area contributed by atoms with Crippen molar-refractivity contribution in [3.63, 3.8) is 0 Å². The number of amides is 2. The van der Waals surface area contributed by atoms with Gasteiger partial charge in [0.25, 0.3) is 0 Å². The molecule has 0 fully saturated rings. The van der Waals surface area contributed by atoms with Crippen molar-refractivity contribution in [3.8, 4) is 0 Å². The van der Waals surface area contributed by atoms with Crippen LogP contribution in [0.3, 0.4) is 0 Å². The highest BCUT2D eigenvalue weighted by atomic mass is 32.2. The summed E-state index contributed by atoms with van der Waals surface area (Å²) in [6.45, 7) is 9.24. The van der Waals surface area contributed by atoms with Gasteiger partial charge < -0.3 is 10.2 Å². The fourth-order valence-electron chi connectivity index (χ4n) is 3.60. The Labute approximate surface area is 197 Å². The lowest BCUT2D eigenvalue weighted by Crippen LogP contribution is -2.53. The van der Waals surface area contributed by atoms with Crippen molar-refractivity contribution in [3.05, 3.63) is 65.2 Å². The maximum Gasteiger partial charge on any atom is 0.244 e. The Hall–Kier alpha value is -2.87. The van der Waals surface area contributed by atoms with Crippen LogP contribution in [0.25, 0.3) is 0 Å². The number of carbonyl (C=O) groups excluding carboxylic acids is 2. The van der Waals surface area contributed by atoms with Gasteiger partial charge in [0, 0.05) is 12.6 Å². The quantitative estimate of drug-likeness (QED) is 0.573. The van der Waals surface area contributed by atoms with E-state index in [1.165, 1.54) is 4.90 Å². The number of nitrogens with one attached hydrogen (secondary N) is 1. The van der Waals surface area contributed by atoms with E-state index in [1.54, 1.807) is 24.3 Å². The molecule has 0 aromatic heterocycles. The highest BCUT2D eigenvalue weighted by Gasteiger charge is 2.32. The lowest BCUT2D eigenvalue weighted by molar-refractivity contribution is -0.140. The summed E-state index contributed by atoms with van der Waals surface area (Å²) in [7, 11) is -3.73. The first-order valence-corrected chi connectivity index (χ1v) is 13.0. The zero-order valence-corrected chi connectivity index (χ0v) is 21.1. The van der Waals surface area contributed by atoms with E-state index in [9.17, 15) is 18.0 Å². The minimum atomic E-state index is -3.73. The van der Waals surface area contributed by atoms with Crippen LogP contribution < -0.4 is 9.62 Å². The first kappa shape index (κ1) is 26.4. The Morgan fingerprint density at radius 3 is 2.12 bits per heavy atom. The van der Waals surface area contributed by atoms with Gasteiger partial charge in [0.05, 0.1) is 11.9 Å². The second-order valence-corrected chi connectivity index (χ2v) is 10.5. The molecule has 8 heteroatoms. The summed E-state index contributed by atoms with van der Waals surface area (Å²) in [4.78, 5) is 28.0. The Bertz CT molecular complexity index is 1070. The van der Waals surface area contributed by atoms with Gasteiger partial charge in [-0.3, -0.25) is 13.9 Å². The van der Waals surface area contributed by atoms with Crippen molar-refractivity contribution in [2.75, 3.05) is 17.1 Å². The molecule has 0 unspecified atom stereocenters. The molecule has 180 valence electrons. The molecule has 0 spiro atoms. The molecule has 2 amide bonds. The van der Waals surface area contributed by atoms with E-state index in [4.69, 9.17) is 0 Å². The van der Waals surface area contributed by atoms with Gasteiger partial charge in [-0.15, -0.1) is 0 Å². The maximum absolute atomic E-state index is 13.6. The molecule has 0 saturated carbocycles. The number of benzene rings is 2. The van der Waals surface area contributed by atoms with Crippen molar-refractivity contribution in [2.45, 2.75) is 59.7 Å². The minimum absolute atomic E-state index is 0.0814. The summed E-state index contributed by atoms with van der Waals surface area (Å²) >= 11 is 0. The van der Waals surface area contributed by atoms with Crippen molar-refractivity contribution in [1.29, 1.82) is 0 Å². The van der Waals surface area contributed by atoms with Gasteiger partial charge in [0.15, 0.2) is 0 Å². The number of hydrogen-bond donors (Lipinski definition) is 1. The van der Waals surface area contributed by atoms with Crippen LogP contribution in [0.5, 0.6) is 0 Å². The molecule has 0 radical (unpaired) electrons. The summed E-state index contributed by atoms with van der Waals surface area (Å²) in [5.74, 6) is -0.689. The summed E-state index contributed by atoms with van der Waals surface area (Å²) in [5.41, 5.74) is 3.29. The van der Waals surface area contributed by atoms with Gasteiger partial charge in [-0.2, -0.15) is 0 Å². The van der Waals surface area contributed by atoms with Crippen LogP contribution in [0, 0.1) is 13.8 Å². The highest BCUT2D eigenvalue weighted by molar-refractivity contribution is 7.92. The van der Waals surface area contributed by atoms with Crippen LogP contribution in [0.15, 0.2) is 48.5 Å². The molecule has 0 aliphatic rings. The van der Waals surface area contributed by atoms with Gasteiger partial charge in [-0.1, -0.05) is 48.9 Å². The number of sulfonamides is 1. The van der Waals surface area contributed by atoms with Crippen molar-refractivity contribution >= 4 is 27.5 Å². The van der Waals surface area contributed by atoms with Gasteiger partial charge in [-0.05, 0) is 57.4 Å². The third-order valence-electron chi connectivity index (χ3n) is 5.42. The van der Waals surface area contributed by atoms with Crippen molar-refractivity contribution in [1.82, 2.24) is 10.2 Å². The van der Waals surface area contributed by atoms with Crippen LogP contribution in [0.4, 0.5) is 5.69 Å². The van der Waals surface area contributed by atoms with E-state index >= 15 is 0 Å². The molecule has 0 bridgehead atoms. The number of nitrogens with zero attached hydrogens (tertiary/aromatic N) is 2. The molecule has 2 aromatic rings. The molecule has 2 rings (SSSR count). The van der Waals surface area contributed by atoms with Gasteiger partial charge in [-0.25, -0.2) is 8.42 Å². The molecule has 1 atom stereocenters. The third kappa shape index (κ3) is 7.32. The average molecular weight is 474 g/mol. The summed E-state index contributed by atoms with van der Waals surface area (Å²) in [6, 6.07) is 13.8. The molecular weight excluding hydrogens is 438 g/mol. The number of rotatable bonds is 10. The zero-order chi connectivity index (χ0) is 24.8. The predicted octanol–water partition coefficient (Wildman–Crippen LogP) is 3.40. The molecule has 1 N–H and O–H groups in total. The summed E-state index contributed by atoms with van der Waals surface area (Å²) < 4.78 is 26.3. The minimum Gasteiger partial charge on any atom is -0.352 e. The topological polar surface area (TPSA) is 86.8 Å². The number of aryl methyl sites for hydroxylation is 2. The van der Waals surface area contributed by atoms with E-state index in [0.717, 1.165) is 27.3 Å². The van der Waals surface area contributed by atoms with Crippen LogP contribution >= 0.6 is 0 Å². The Morgan fingerprint density at radius 2 is 1.61 bits per heavy atom. The average Bonchev–Trinajstić information content (AvgIpc) is 2.72. The number of carbonyl (C=O) groups is 2. The van der Waals surface area contributed by atoms with Crippen molar-refractivity contribution < 1.29 is 18.0 Å². The van der Waals surface area contributed by atoms with E-state index in [0.29, 0.717) is 12.1 Å². The van der Waals surface area contributed by atoms with Crippen LogP contribution in [0.1, 0.15) is 43.9 Å². The van der Waals surface area contributed by atoms with Crippen LogP contribution in [-0.2, 0) is 26.2 Å². The molecular formula is C25H35N3O4S. The van der Waals surface area contributed by atoms with Crippen molar-refractivity contribution in [2.24, 2.45) is 0 Å². The van der Waals surface area contributed by atoms with E-state index in [1.807, 2.05) is 58.9 Å². The molecule has 0 aliphatic carbocycles. The lowest BCUT2D eigenvalue weighted by Gasteiger charge is -2.33. The van der Waals surface area contributed by atoms with E-state index in [2.05, 4.69) is 5.32 Å². The molecule has 0 heterocycles. The third-order valence-corrected chi connectivity index (χ3v) is 6.56. The Balaban J connectivity index is 2.44. The fraction of sp³-hybridized carbons (Fsp3) is 0.440. The van der Waals surface area contributed by atoms with Gasteiger partial charge in [0.1, 0.15) is 12.6 Å². The monoisotopic (exact) mass is 473 g/mol. The Morgan fingerprint density at radius 1 is 1.00 bits per heavy atom. The van der Waals surface area contributed by atoms with Gasteiger partial charge >= 0.3 is 0 Å². The first-order chi connectivity index (χ1) is 15.4. The highest BCUT2D eigenvalue weighted by Crippen LogP contribution is 2.21. The second-order valence-electron chi connectivity index (χ2n) is 8.64. The first-order valence-electron chi connectivity index (χ1n) is 11.1. The smallest absolute Gasteiger partial charge is 0.244 e. The zero-order valence-electron chi connectivity index (χ0n) is 20.3. The standard InChI is InChI=1S/C25H35N3O4S/c1-7-23(25(30)26-18(2)3)27(16-21-11-9-8-10-20(21)5)24(29)17-28(33(6,31)32)22-14-12-19(4)13-15-22/h8-15,18,23H,7,16-17H2,1-6H3,(H,26,30)/t23-/m0/s1. The summed E-state index contributed by atoms with van der Waals surface area (Å²) in [5, 5.41) is 2.89. The molecule has 0 saturated heterocycles. The van der Waals surface area contributed by atoms with Crippen LogP contribution in [-0.4, -0.2) is 50.0 Å². The van der Waals surface area contributed by atoms with Gasteiger partial charge in [0.2, 0.25) is 21.8 Å². The fourth-order valence-corrected chi connectivity index (χ4v) is 4.45.